The Balaban J connectivity index is 1.62. The van der Waals surface area contributed by atoms with Crippen LogP contribution in [0, 0.1) is 5.82 Å². The predicted molar refractivity (Wildman–Crippen MR) is 85.6 cm³/mol. The van der Waals surface area contributed by atoms with Crippen molar-refractivity contribution in [3.8, 4) is 11.3 Å². The molecule has 0 spiro atoms. The molecule has 0 unspecified atom stereocenters. The van der Waals surface area contributed by atoms with E-state index in [-0.39, 0.29) is 5.82 Å². The van der Waals surface area contributed by atoms with E-state index < -0.39 is 0 Å². The van der Waals surface area contributed by atoms with E-state index in [1.807, 2.05) is 0 Å². The maximum absolute atomic E-state index is 13.2. The lowest BCUT2D eigenvalue weighted by Crippen LogP contribution is -2.37. The second kappa shape index (κ2) is 6.34. The molecule has 0 saturated carbocycles. The number of fused-ring (bicyclic) bond motifs is 1. The van der Waals surface area contributed by atoms with Gasteiger partial charge in [0.1, 0.15) is 12.1 Å². The minimum Gasteiger partial charge on any atom is -0.380 e. The first-order chi connectivity index (χ1) is 11.3. The molecule has 0 N–H and O–H groups in total. The standard InChI is InChI=1S/C18H20FN3O/c19-14-3-1-13(2-4-14)18-16-5-8-22(15-7-10-23-11-15)9-6-17(16)20-12-21-18/h1-4,12,15H,5-11H2/t15-/m0/s1. The summed E-state index contributed by atoms with van der Waals surface area (Å²) in [6.45, 7) is 3.73. The lowest BCUT2D eigenvalue weighted by molar-refractivity contribution is 0.147. The lowest BCUT2D eigenvalue weighted by atomic mass is 10.0. The Morgan fingerprint density at radius 1 is 1.09 bits per heavy atom. The first-order valence-electron chi connectivity index (χ1n) is 8.22. The van der Waals surface area contributed by atoms with Crippen molar-refractivity contribution < 1.29 is 9.13 Å². The minimum absolute atomic E-state index is 0.221. The Kier molecular flexibility index (Phi) is 4.06. The minimum atomic E-state index is -0.221. The molecule has 0 aliphatic carbocycles. The highest BCUT2D eigenvalue weighted by Gasteiger charge is 2.26. The lowest BCUT2D eigenvalue weighted by Gasteiger charge is -2.25. The van der Waals surface area contributed by atoms with Crippen molar-refractivity contribution in [2.75, 3.05) is 26.3 Å². The molecule has 1 aromatic heterocycles. The summed E-state index contributed by atoms with van der Waals surface area (Å²) in [7, 11) is 0. The van der Waals surface area contributed by atoms with Crippen molar-refractivity contribution in [3.05, 3.63) is 47.7 Å². The van der Waals surface area contributed by atoms with Crippen LogP contribution in [0.5, 0.6) is 0 Å². The molecule has 0 bridgehead atoms. The number of halogens is 1. The number of nitrogens with zero attached hydrogens (tertiary/aromatic N) is 3. The highest BCUT2D eigenvalue weighted by atomic mass is 19.1. The third-order valence-corrected chi connectivity index (χ3v) is 4.86. The van der Waals surface area contributed by atoms with Crippen LogP contribution in [-0.4, -0.2) is 47.2 Å². The molecule has 0 radical (unpaired) electrons. The molecule has 23 heavy (non-hydrogen) atoms. The van der Waals surface area contributed by atoms with Crippen molar-refractivity contribution in [2.24, 2.45) is 0 Å². The molecular weight excluding hydrogens is 293 g/mol. The number of benzene rings is 1. The second-order valence-electron chi connectivity index (χ2n) is 6.21. The smallest absolute Gasteiger partial charge is 0.123 e. The zero-order valence-corrected chi connectivity index (χ0v) is 13.0. The van der Waals surface area contributed by atoms with Gasteiger partial charge in [-0.25, -0.2) is 14.4 Å². The maximum Gasteiger partial charge on any atom is 0.123 e. The van der Waals surface area contributed by atoms with E-state index in [0.717, 1.165) is 62.5 Å². The van der Waals surface area contributed by atoms with Gasteiger partial charge in [0.2, 0.25) is 0 Å². The van der Waals surface area contributed by atoms with Crippen LogP contribution in [0.2, 0.25) is 0 Å². The topological polar surface area (TPSA) is 38.2 Å². The molecule has 2 aliphatic rings. The molecule has 2 aromatic rings. The second-order valence-corrected chi connectivity index (χ2v) is 6.21. The third kappa shape index (κ3) is 2.99. The average molecular weight is 313 g/mol. The van der Waals surface area contributed by atoms with Crippen LogP contribution < -0.4 is 0 Å². The van der Waals surface area contributed by atoms with Gasteiger partial charge in [0.25, 0.3) is 0 Å². The highest BCUT2D eigenvalue weighted by Crippen LogP contribution is 2.27. The van der Waals surface area contributed by atoms with Crippen LogP contribution in [0.1, 0.15) is 17.7 Å². The molecule has 2 aliphatic heterocycles. The molecule has 5 heteroatoms. The fraction of sp³-hybridized carbons (Fsp3) is 0.444. The normalized spacial score (nSPS) is 21.9. The Labute approximate surface area is 135 Å². The van der Waals surface area contributed by atoms with E-state index in [1.54, 1.807) is 18.5 Å². The van der Waals surface area contributed by atoms with Gasteiger partial charge in [-0.3, -0.25) is 4.90 Å². The quantitative estimate of drug-likeness (QED) is 0.854. The zero-order valence-electron chi connectivity index (χ0n) is 13.0. The number of aromatic nitrogens is 2. The van der Waals surface area contributed by atoms with Gasteiger partial charge in [-0.05, 0) is 37.1 Å². The van der Waals surface area contributed by atoms with E-state index in [4.69, 9.17) is 4.74 Å². The first-order valence-corrected chi connectivity index (χ1v) is 8.22. The number of hydrogen-bond acceptors (Lipinski definition) is 4. The SMILES string of the molecule is Fc1ccc(-c2ncnc3c2CCN([C@H]2CCOC2)CC3)cc1. The van der Waals surface area contributed by atoms with Crippen molar-refractivity contribution in [1.29, 1.82) is 0 Å². The van der Waals surface area contributed by atoms with Crippen LogP contribution in [0.25, 0.3) is 11.3 Å². The molecule has 4 rings (SSSR count). The van der Waals surface area contributed by atoms with Crippen LogP contribution in [0.3, 0.4) is 0 Å². The summed E-state index contributed by atoms with van der Waals surface area (Å²) < 4.78 is 18.7. The van der Waals surface area contributed by atoms with Crippen LogP contribution in [0.4, 0.5) is 4.39 Å². The summed E-state index contributed by atoms with van der Waals surface area (Å²) in [5.41, 5.74) is 4.24. The molecule has 1 aromatic carbocycles. The summed E-state index contributed by atoms with van der Waals surface area (Å²) in [5.74, 6) is -0.221. The Bertz CT molecular complexity index is 683. The third-order valence-electron chi connectivity index (χ3n) is 4.86. The van der Waals surface area contributed by atoms with Gasteiger partial charge < -0.3 is 4.74 Å². The predicted octanol–water partition coefficient (Wildman–Crippen LogP) is 2.47. The molecule has 4 nitrogen and oxygen atoms in total. The Morgan fingerprint density at radius 3 is 2.70 bits per heavy atom. The van der Waals surface area contributed by atoms with Crippen LogP contribution >= 0.6 is 0 Å². The van der Waals surface area contributed by atoms with Crippen molar-refractivity contribution >= 4 is 0 Å². The van der Waals surface area contributed by atoms with Gasteiger partial charge in [-0.2, -0.15) is 0 Å². The maximum atomic E-state index is 13.2. The summed E-state index contributed by atoms with van der Waals surface area (Å²) in [5, 5.41) is 0. The Morgan fingerprint density at radius 2 is 1.91 bits per heavy atom. The number of rotatable bonds is 2. The van der Waals surface area contributed by atoms with Crippen molar-refractivity contribution in [3.63, 3.8) is 0 Å². The van der Waals surface area contributed by atoms with Crippen molar-refractivity contribution in [2.45, 2.75) is 25.3 Å². The van der Waals surface area contributed by atoms with Gasteiger partial charge in [0.15, 0.2) is 0 Å². The van der Waals surface area contributed by atoms with Gasteiger partial charge in [0, 0.05) is 49.0 Å². The van der Waals surface area contributed by atoms with Crippen LogP contribution in [0.15, 0.2) is 30.6 Å². The highest BCUT2D eigenvalue weighted by molar-refractivity contribution is 5.63. The van der Waals surface area contributed by atoms with Gasteiger partial charge >= 0.3 is 0 Å². The largest absolute Gasteiger partial charge is 0.380 e. The summed E-state index contributed by atoms with van der Waals surface area (Å²) in [4.78, 5) is 11.5. The summed E-state index contributed by atoms with van der Waals surface area (Å²) >= 11 is 0. The first kappa shape index (κ1) is 14.7. The van der Waals surface area contributed by atoms with E-state index in [2.05, 4.69) is 14.9 Å². The molecule has 1 atom stereocenters. The van der Waals surface area contributed by atoms with Gasteiger partial charge in [0.05, 0.1) is 12.3 Å². The average Bonchev–Trinajstić information content (AvgIpc) is 3.02. The number of hydrogen-bond donors (Lipinski definition) is 0. The fourth-order valence-corrected chi connectivity index (χ4v) is 3.58. The van der Waals surface area contributed by atoms with E-state index in [0.29, 0.717) is 6.04 Å². The molecular formula is C18H20FN3O. The molecule has 1 fully saturated rings. The molecule has 0 amide bonds. The van der Waals surface area contributed by atoms with E-state index in [1.165, 1.54) is 17.7 Å². The zero-order chi connectivity index (χ0) is 15.6. The van der Waals surface area contributed by atoms with Crippen molar-refractivity contribution in [1.82, 2.24) is 14.9 Å². The van der Waals surface area contributed by atoms with Crippen LogP contribution in [-0.2, 0) is 17.6 Å². The fourth-order valence-electron chi connectivity index (χ4n) is 3.58. The monoisotopic (exact) mass is 313 g/mol. The van der Waals surface area contributed by atoms with Gasteiger partial charge in [-0.15, -0.1) is 0 Å². The summed E-state index contributed by atoms with van der Waals surface area (Å²) in [6.07, 6.45) is 4.61. The summed E-state index contributed by atoms with van der Waals surface area (Å²) in [6, 6.07) is 7.11. The Hall–Kier alpha value is -1.85. The van der Waals surface area contributed by atoms with E-state index in [9.17, 15) is 4.39 Å². The molecule has 3 heterocycles. The molecule has 1 saturated heterocycles. The molecule has 120 valence electrons. The number of ether oxygens (including phenoxy) is 1. The van der Waals surface area contributed by atoms with E-state index >= 15 is 0 Å². The van der Waals surface area contributed by atoms with Gasteiger partial charge in [-0.1, -0.05) is 0 Å².